The highest BCUT2D eigenvalue weighted by molar-refractivity contribution is 5.94. The second-order valence-electron chi connectivity index (χ2n) is 7.31. The van der Waals surface area contributed by atoms with Gasteiger partial charge in [-0.15, -0.1) is 0 Å². The summed E-state index contributed by atoms with van der Waals surface area (Å²) in [6.45, 7) is 11.3. The third-order valence-electron chi connectivity index (χ3n) is 4.33. The molecule has 0 aliphatic carbocycles. The van der Waals surface area contributed by atoms with Crippen molar-refractivity contribution in [3.63, 3.8) is 0 Å². The first-order chi connectivity index (χ1) is 11.3. The molecule has 0 spiro atoms. The number of hydrogen-bond acceptors (Lipinski definition) is 4. The highest BCUT2D eigenvalue weighted by Crippen LogP contribution is 2.20. The number of rotatable bonds is 5. The van der Waals surface area contributed by atoms with Crippen LogP contribution in [-0.2, 0) is 0 Å². The molecule has 1 unspecified atom stereocenters. The topological polar surface area (TPSA) is 53.0 Å². The molecule has 0 saturated carbocycles. The van der Waals surface area contributed by atoms with Gasteiger partial charge in [0.15, 0.2) is 0 Å². The van der Waals surface area contributed by atoms with E-state index >= 15 is 0 Å². The predicted molar refractivity (Wildman–Crippen MR) is 95.5 cm³/mol. The Hall–Kier alpha value is -1.59. The summed E-state index contributed by atoms with van der Waals surface area (Å²) in [7, 11) is 0. The minimum Gasteiger partial charge on any atom is -0.488 e. The second kappa shape index (κ2) is 7.99. The first-order valence-corrected chi connectivity index (χ1v) is 8.77. The summed E-state index contributed by atoms with van der Waals surface area (Å²) in [5.41, 5.74) is 0.448. The lowest BCUT2D eigenvalue weighted by Crippen LogP contribution is -2.52. The quantitative estimate of drug-likeness (QED) is 0.898. The van der Waals surface area contributed by atoms with Gasteiger partial charge in [-0.2, -0.15) is 0 Å². The van der Waals surface area contributed by atoms with E-state index in [1.54, 1.807) is 0 Å². The van der Waals surface area contributed by atoms with Gasteiger partial charge in [0.25, 0.3) is 5.91 Å². The lowest BCUT2D eigenvalue weighted by molar-refractivity contribution is 0.0472. The highest BCUT2D eigenvalue weighted by Gasteiger charge is 2.25. The van der Waals surface area contributed by atoms with Crippen LogP contribution in [0.15, 0.2) is 24.3 Å². The van der Waals surface area contributed by atoms with E-state index in [1.165, 1.54) is 0 Å². The van der Waals surface area contributed by atoms with Crippen molar-refractivity contribution in [3.05, 3.63) is 29.8 Å². The van der Waals surface area contributed by atoms with E-state index in [-0.39, 0.29) is 24.2 Å². The van der Waals surface area contributed by atoms with Crippen LogP contribution in [0.25, 0.3) is 0 Å². The van der Waals surface area contributed by atoms with Crippen LogP contribution >= 0.6 is 0 Å². The van der Waals surface area contributed by atoms with E-state index < -0.39 is 0 Å². The van der Waals surface area contributed by atoms with Crippen molar-refractivity contribution in [3.8, 4) is 5.75 Å². The van der Waals surface area contributed by atoms with Crippen molar-refractivity contribution < 1.29 is 14.6 Å². The van der Waals surface area contributed by atoms with Crippen LogP contribution in [0.5, 0.6) is 5.75 Å². The molecule has 1 fully saturated rings. The molecule has 1 N–H and O–H groups in total. The fourth-order valence-corrected chi connectivity index (χ4v) is 2.99. The predicted octanol–water partition coefficient (Wildman–Crippen LogP) is 2.39. The number of hydrogen-bond donors (Lipinski definition) is 1. The Morgan fingerprint density at radius 3 is 2.21 bits per heavy atom. The lowest BCUT2D eigenvalue weighted by atomic mass is 10.1. The van der Waals surface area contributed by atoms with Gasteiger partial charge in [0, 0.05) is 37.8 Å². The van der Waals surface area contributed by atoms with E-state index in [2.05, 4.69) is 11.8 Å². The van der Waals surface area contributed by atoms with Gasteiger partial charge in [0.1, 0.15) is 11.4 Å². The number of carbonyl (C=O) groups excluding carboxylic acids is 1. The SMILES string of the molecule is CCC(CO)N1CCN(C(=O)c2ccc(OC(C)(C)C)cc2)CC1. The molecular weight excluding hydrogens is 304 g/mol. The highest BCUT2D eigenvalue weighted by atomic mass is 16.5. The Balaban J connectivity index is 1.93. The normalized spacial score (nSPS) is 17.6. The Morgan fingerprint density at radius 2 is 1.75 bits per heavy atom. The monoisotopic (exact) mass is 334 g/mol. The minimum absolute atomic E-state index is 0.0639. The number of aliphatic hydroxyl groups is 1. The average Bonchev–Trinajstić information content (AvgIpc) is 2.55. The van der Waals surface area contributed by atoms with Crippen LogP contribution in [0.3, 0.4) is 0 Å². The summed E-state index contributed by atoms with van der Waals surface area (Å²) < 4.78 is 5.79. The molecule has 1 heterocycles. The average molecular weight is 334 g/mol. The van der Waals surface area contributed by atoms with Crippen molar-refractivity contribution in [1.82, 2.24) is 9.80 Å². The van der Waals surface area contributed by atoms with Gasteiger partial charge in [-0.1, -0.05) is 6.92 Å². The Morgan fingerprint density at radius 1 is 1.17 bits per heavy atom. The molecule has 0 bridgehead atoms. The van der Waals surface area contributed by atoms with Gasteiger partial charge in [0.05, 0.1) is 6.61 Å². The van der Waals surface area contributed by atoms with E-state index in [1.807, 2.05) is 49.9 Å². The standard InChI is InChI=1S/C19H30N2O3/c1-5-16(14-22)20-10-12-21(13-11-20)18(23)15-6-8-17(9-7-15)24-19(2,3)4/h6-9,16,22H,5,10-14H2,1-4H3. The first-order valence-electron chi connectivity index (χ1n) is 8.77. The number of piperazine rings is 1. The second-order valence-corrected chi connectivity index (χ2v) is 7.31. The van der Waals surface area contributed by atoms with E-state index in [0.29, 0.717) is 18.7 Å². The van der Waals surface area contributed by atoms with Crippen LogP contribution in [-0.4, -0.2) is 65.2 Å². The number of amides is 1. The van der Waals surface area contributed by atoms with Crippen molar-refractivity contribution >= 4 is 5.91 Å². The zero-order valence-corrected chi connectivity index (χ0v) is 15.3. The zero-order chi connectivity index (χ0) is 17.7. The third-order valence-corrected chi connectivity index (χ3v) is 4.33. The summed E-state index contributed by atoms with van der Waals surface area (Å²) >= 11 is 0. The van der Waals surface area contributed by atoms with Crippen LogP contribution in [0.2, 0.25) is 0 Å². The molecule has 5 nitrogen and oxygen atoms in total. The molecule has 0 radical (unpaired) electrons. The lowest BCUT2D eigenvalue weighted by Gasteiger charge is -2.38. The molecular formula is C19H30N2O3. The molecule has 2 rings (SSSR count). The maximum Gasteiger partial charge on any atom is 0.253 e. The van der Waals surface area contributed by atoms with Crippen LogP contribution in [0.4, 0.5) is 0 Å². The third kappa shape index (κ3) is 4.95. The summed E-state index contributed by atoms with van der Waals surface area (Å²) in [6.07, 6.45) is 0.930. The molecule has 1 amide bonds. The molecule has 1 atom stereocenters. The molecule has 1 aromatic carbocycles. The van der Waals surface area contributed by atoms with E-state index in [9.17, 15) is 9.90 Å². The Bertz CT molecular complexity index is 525. The molecule has 1 saturated heterocycles. The first kappa shape index (κ1) is 18.7. The molecule has 1 aliphatic rings. The summed E-state index contributed by atoms with van der Waals surface area (Å²) in [5, 5.41) is 9.40. The van der Waals surface area contributed by atoms with Gasteiger partial charge in [-0.3, -0.25) is 9.69 Å². The van der Waals surface area contributed by atoms with Crippen LogP contribution in [0.1, 0.15) is 44.5 Å². The maximum absolute atomic E-state index is 12.6. The number of benzene rings is 1. The fourth-order valence-electron chi connectivity index (χ4n) is 2.99. The molecule has 0 aromatic heterocycles. The van der Waals surface area contributed by atoms with Crippen molar-refractivity contribution in [1.29, 1.82) is 0 Å². The zero-order valence-electron chi connectivity index (χ0n) is 15.3. The number of carbonyl (C=O) groups is 1. The smallest absolute Gasteiger partial charge is 0.253 e. The molecule has 1 aromatic rings. The maximum atomic E-state index is 12.6. The van der Waals surface area contributed by atoms with Gasteiger partial charge in [0.2, 0.25) is 0 Å². The summed E-state index contributed by atoms with van der Waals surface area (Å²) in [5.74, 6) is 0.839. The molecule has 1 aliphatic heterocycles. The number of aliphatic hydroxyl groups excluding tert-OH is 1. The number of ether oxygens (including phenoxy) is 1. The van der Waals surface area contributed by atoms with Crippen LogP contribution in [0, 0.1) is 0 Å². The van der Waals surface area contributed by atoms with Crippen molar-refractivity contribution in [2.75, 3.05) is 32.8 Å². The van der Waals surface area contributed by atoms with Gasteiger partial charge < -0.3 is 14.7 Å². The molecule has 24 heavy (non-hydrogen) atoms. The van der Waals surface area contributed by atoms with Gasteiger partial charge in [-0.05, 0) is 51.5 Å². The minimum atomic E-state index is -0.246. The van der Waals surface area contributed by atoms with E-state index in [4.69, 9.17) is 4.74 Å². The Labute approximate surface area is 145 Å². The largest absolute Gasteiger partial charge is 0.488 e. The van der Waals surface area contributed by atoms with Crippen LogP contribution < -0.4 is 4.74 Å². The number of nitrogens with zero attached hydrogens (tertiary/aromatic N) is 2. The summed E-state index contributed by atoms with van der Waals surface area (Å²) in [4.78, 5) is 16.8. The summed E-state index contributed by atoms with van der Waals surface area (Å²) in [6, 6.07) is 7.58. The molecule has 5 heteroatoms. The van der Waals surface area contributed by atoms with Gasteiger partial charge in [-0.25, -0.2) is 0 Å². The Kier molecular flexibility index (Phi) is 6.24. The molecule has 134 valence electrons. The fraction of sp³-hybridized carbons (Fsp3) is 0.632. The van der Waals surface area contributed by atoms with Crippen molar-refractivity contribution in [2.24, 2.45) is 0 Å². The van der Waals surface area contributed by atoms with E-state index in [0.717, 1.165) is 25.3 Å². The van der Waals surface area contributed by atoms with Crippen molar-refractivity contribution in [2.45, 2.75) is 45.8 Å². The van der Waals surface area contributed by atoms with Gasteiger partial charge >= 0.3 is 0 Å².